The van der Waals surface area contributed by atoms with Crippen molar-refractivity contribution in [1.82, 2.24) is 0 Å². The van der Waals surface area contributed by atoms with Crippen molar-refractivity contribution in [2.75, 3.05) is 0 Å². The Hall–Kier alpha value is -2.78. The highest BCUT2D eigenvalue weighted by molar-refractivity contribution is 7.85. The third kappa shape index (κ3) is 3.65. The fourth-order valence-electron chi connectivity index (χ4n) is 1.54. The molecule has 0 saturated heterocycles. The highest BCUT2D eigenvalue weighted by atomic mass is 32.2. The molecule has 0 bridgehead atoms. The minimum atomic E-state index is -4.53. The van der Waals surface area contributed by atoms with Gasteiger partial charge in [-0.1, -0.05) is 11.8 Å². The van der Waals surface area contributed by atoms with Gasteiger partial charge >= 0.3 is 5.97 Å². The maximum absolute atomic E-state index is 11.3. The Morgan fingerprint density at radius 1 is 1.00 bits per heavy atom. The first-order valence-corrected chi connectivity index (χ1v) is 7.20. The number of azo groups is 1. The van der Waals surface area contributed by atoms with Gasteiger partial charge in [0.15, 0.2) is 0 Å². The number of hydrogen-bond acceptors (Lipinski definition) is 7. The number of carboxylic acids is 1. The van der Waals surface area contributed by atoms with Gasteiger partial charge in [0.2, 0.25) is 0 Å². The van der Waals surface area contributed by atoms with Gasteiger partial charge in [0, 0.05) is 0 Å². The molecule has 0 fully saturated rings. The zero-order valence-corrected chi connectivity index (χ0v) is 11.6. The molecule has 8 nitrogen and oxygen atoms in total. The second-order valence-corrected chi connectivity index (χ2v) is 5.51. The van der Waals surface area contributed by atoms with Crippen LogP contribution in [0.5, 0.6) is 5.75 Å². The molecule has 0 aromatic heterocycles. The van der Waals surface area contributed by atoms with Gasteiger partial charge in [-0.25, -0.2) is 13.2 Å². The molecule has 0 aliphatic carbocycles. The van der Waals surface area contributed by atoms with Crippen molar-refractivity contribution in [3.8, 4) is 5.75 Å². The van der Waals surface area contributed by atoms with E-state index in [0.717, 1.165) is 24.3 Å². The molecule has 2 aromatic rings. The summed E-state index contributed by atoms with van der Waals surface area (Å²) in [6.07, 6.45) is 0. The lowest BCUT2D eigenvalue weighted by molar-refractivity contribution is -0.268. The molecule has 0 saturated carbocycles. The van der Waals surface area contributed by atoms with Crippen LogP contribution in [-0.4, -0.2) is 24.0 Å². The van der Waals surface area contributed by atoms with E-state index in [4.69, 9.17) is 5.11 Å². The lowest BCUT2D eigenvalue weighted by Crippen LogP contribution is -2.02. The third-order valence-electron chi connectivity index (χ3n) is 2.60. The molecule has 0 radical (unpaired) electrons. The van der Waals surface area contributed by atoms with Crippen LogP contribution in [0.4, 0.5) is 11.4 Å². The van der Waals surface area contributed by atoms with Crippen molar-refractivity contribution < 1.29 is 28.0 Å². The van der Waals surface area contributed by atoms with Crippen LogP contribution in [0.25, 0.3) is 0 Å². The van der Waals surface area contributed by atoms with Crippen LogP contribution in [0.2, 0.25) is 0 Å². The molecule has 0 heterocycles. The van der Waals surface area contributed by atoms with Gasteiger partial charge in [-0.15, -0.1) is 0 Å². The molecule has 0 spiro atoms. The molecular formula is C13H8N2O6S-2. The predicted molar refractivity (Wildman–Crippen MR) is 71.4 cm³/mol. The Labute approximate surface area is 125 Å². The Kier molecular flexibility index (Phi) is 4.20. The summed E-state index contributed by atoms with van der Waals surface area (Å²) >= 11 is 0. The topological polar surface area (TPSA) is 142 Å². The monoisotopic (exact) mass is 320 g/mol. The molecule has 22 heavy (non-hydrogen) atoms. The standard InChI is InChI=1S/C13H10N2O6S/c16-12-6-3-9(7-11(12)13(17)18)15-14-8-1-4-10(5-2-8)22(19,20)21/h1-7,16H,(H,17,18)(H,19,20,21)/p-2. The number of carboxylic acid groups (broad SMARTS) is 1. The molecule has 1 N–H and O–H groups in total. The number of hydrogen-bond donors (Lipinski definition) is 1. The van der Waals surface area contributed by atoms with Crippen molar-refractivity contribution >= 4 is 27.5 Å². The lowest BCUT2D eigenvalue weighted by Gasteiger charge is -2.09. The van der Waals surface area contributed by atoms with Crippen molar-refractivity contribution in [1.29, 1.82) is 0 Å². The first-order chi connectivity index (χ1) is 10.3. The zero-order valence-electron chi connectivity index (χ0n) is 10.8. The van der Waals surface area contributed by atoms with Crippen molar-refractivity contribution in [3.05, 3.63) is 48.0 Å². The SMILES string of the molecule is O=C(O)c1cc(N=Nc2ccc(S(=O)(=O)[O-])cc2)ccc1[O-]. The Bertz CT molecular complexity index is 843. The van der Waals surface area contributed by atoms with Crippen LogP contribution in [-0.2, 0) is 10.1 Å². The van der Waals surface area contributed by atoms with E-state index >= 15 is 0 Å². The van der Waals surface area contributed by atoms with Crippen LogP contribution in [0.1, 0.15) is 10.4 Å². The van der Waals surface area contributed by atoms with E-state index in [1.54, 1.807) is 0 Å². The molecular weight excluding hydrogens is 312 g/mol. The van der Waals surface area contributed by atoms with Crippen LogP contribution < -0.4 is 5.11 Å². The van der Waals surface area contributed by atoms with E-state index in [0.29, 0.717) is 0 Å². The van der Waals surface area contributed by atoms with Gasteiger partial charge in [0.1, 0.15) is 10.1 Å². The molecule has 0 atom stereocenters. The summed E-state index contributed by atoms with van der Waals surface area (Å²) < 4.78 is 32.3. The zero-order chi connectivity index (χ0) is 16.3. The van der Waals surface area contributed by atoms with E-state index < -0.39 is 32.3 Å². The summed E-state index contributed by atoms with van der Waals surface area (Å²) in [4.78, 5) is 10.4. The van der Waals surface area contributed by atoms with E-state index in [1.165, 1.54) is 18.2 Å². The Morgan fingerprint density at radius 3 is 2.09 bits per heavy atom. The first kappa shape index (κ1) is 15.6. The number of aromatic carboxylic acids is 1. The van der Waals surface area contributed by atoms with Gasteiger partial charge in [-0.3, -0.25) is 0 Å². The van der Waals surface area contributed by atoms with Crippen LogP contribution >= 0.6 is 0 Å². The van der Waals surface area contributed by atoms with Gasteiger partial charge < -0.3 is 14.8 Å². The van der Waals surface area contributed by atoms with Crippen molar-refractivity contribution in [2.24, 2.45) is 10.2 Å². The molecule has 2 rings (SSSR count). The maximum atomic E-state index is 11.3. The molecule has 0 amide bonds. The lowest BCUT2D eigenvalue weighted by atomic mass is 10.2. The fourth-order valence-corrected chi connectivity index (χ4v) is 2.01. The average molecular weight is 320 g/mol. The molecule has 0 aliphatic heterocycles. The number of nitrogens with zero attached hydrogens (tertiary/aromatic N) is 2. The molecule has 9 heteroatoms. The van der Waals surface area contributed by atoms with Crippen LogP contribution in [0.15, 0.2) is 57.6 Å². The van der Waals surface area contributed by atoms with E-state index in [2.05, 4.69) is 10.2 Å². The van der Waals surface area contributed by atoms with Crippen LogP contribution in [0.3, 0.4) is 0 Å². The van der Waals surface area contributed by atoms with Gasteiger partial charge in [-0.05, 0) is 36.4 Å². The van der Waals surface area contributed by atoms with E-state index in [9.17, 15) is 22.9 Å². The van der Waals surface area contributed by atoms with Gasteiger partial charge in [0.05, 0.1) is 21.8 Å². The average Bonchev–Trinajstić information content (AvgIpc) is 2.45. The smallest absolute Gasteiger partial charge is 0.335 e. The molecule has 0 aliphatic rings. The van der Waals surface area contributed by atoms with E-state index in [1.807, 2.05) is 0 Å². The minimum Gasteiger partial charge on any atom is -0.872 e. The second-order valence-electron chi connectivity index (χ2n) is 4.13. The second kappa shape index (κ2) is 5.92. The summed E-state index contributed by atoms with van der Waals surface area (Å²) in [7, 11) is -4.53. The van der Waals surface area contributed by atoms with Crippen molar-refractivity contribution in [3.63, 3.8) is 0 Å². The summed E-state index contributed by atoms with van der Waals surface area (Å²) in [5, 5.41) is 27.6. The number of benzene rings is 2. The largest absolute Gasteiger partial charge is 0.872 e. The summed E-state index contributed by atoms with van der Waals surface area (Å²) in [6.45, 7) is 0. The van der Waals surface area contributed by atoms with E-state index in [-0.39, 0.29) is 11.4 Å². The third-order valence-corrected chi connectivity index (χ3v) is 3.45. The summed E-state index contributed by atoms with van der Waals surface area (Å²) in [6, 6.07) is 8.15. The van der Waals surface area contributed by atoms with Crippen LogP contribution in [0, 0.1) is 0 Å². The maximum Gasteiger partial charge on any atom is 0.335 e. The first-order valence-electron chi connectivity index (χ1n) is 5.79. The summed E-state index contributed by atoms with van der Waals surface area (Å²) in [5.74, 6) is -2.01. The quantitative estimate of drug-likeness (QED) is 0.672. The fraction of sp³-hybridized carbons (Fsp3) is 0. The molecule has 114 valence electrons. The van der Waals surface area contributed by atoms with Gasteiger partial charge in [-0.2, -0.15) is 10.2 Å². The Balaban J connectivity index is 2.25. The summed E-state index contributed by atoms with van der Waals surface area (Å²) in [5.41, 5.74) is -0.0164. The normalized spacial score (nSPS) is 11.7. The molecule has 2 aromatic carbocycles. The highest BCUT2D eigenvalue weighted by Gasteiger charge is 2.05. The minimum absolute atomic E-state index is 0.150. The molecule has 0 unspecified atom stereocenters. The van der Waals surface area contributed by atoms with Crippen molar-refractivity contribution in [2.45, 2.75) is 4.90 Å². The Morgan fingerprint density at radius 2 is 1.55 bits per heavy atom. The highest BCUT2D eigenvalue weighted by Crippen LogP contribution is 2.24. The van der Waals surface area contributed by atoms with Gasteiger partial charge in [0.25, 0.3) is 0 Å². The number of rotatable bonds is 4. The predicted octanol–water partition coefficient (Wildman–Crippen LogP) is 1.78. The number of carbonyl (C=O) groups is 1.